The molecule has 0 amide bonds. The molecule has 0 saturated carbocycles. The standard InChI is InChI=1S/C15H19NO5.CH4/c1-4-15(18)21-11(3)13-9-12(6-5-10(2)17)7-8-14(13)16(19)20;/h7-9,11H,4-6H2,1-3H3;1H4. The van der Waals surface area contributed by atoms with E-state index >= 15 is 0 Å². The van der Waals surface area contributed by atoms with Crippen LogP contribution in [0.1, 0.15) is 58.3 Å². The van der Waals surface area contributed by atoms with E-state index in [9.17, 15) is 19.7 Å². The van der Waals surface area contributed by atoms with Crippen molar-refractivity contribution in [2.24, 2.45) is 0 Å². The van der Waals surface area contributed by atoms with Crippen molar-refractivity contribution in [2.45, 2.75) is 53.6 Å². The number of benzene rings is 1. The van der Waals surface area contributed by atoms with E-state index in [0.717, 1.165) is 5.56 Å². The van der Waals surface area contributed by atoms with Crippen LogP contribution in [0.3, 0.4) is 0 Å². The second-order valence-corrected chi connectivity index (χ2v) is 4.84. The maximum absolute atomic E-state index is 11.3. The predicted molar refractivity (Wildman–Crippen MR) is 83.6 cm³/mol. The molecule has 0 spiro atoms. The van der Waals surface area contributed by atoms with Gasteiger partial charge in [-0.25, -0.2) is 0 Å². The summed E-state index contributed by atoms with van der Waals surface area (Å²) in [5.74, 6) is -0.355. The lowest BCUT2D eigenvalue weighted by Crippen LogP contribution is -2.10. The molecule has 0 aliphatic carbocycles. The minimum atomic E-state index is -0.699. The maximum Gasteiger partial charge on any atom is 0.306 e. The van der Waals surface area contributed by atoms with Crippen molar-refractivity contribution in [1.82, 2.24) is 0 Å². The van der Waals surface area contributed by atoms with Crippen molar-refractivity contribution >= 4 is 17.4 Å². The highest BCUT2D eigenvalue weighted by atomic mass is 16.6. The fourth-order valence-corrected chi connectivity index (χ4v) is 1.92. The topological polar surface area (TPSA) is 86.5 Å². The molecule has 6 heteroatoms. The van der Waals surface area contributed by atoms with Crippen LogP contribution in [0.4, 0.5) is 5.69 Å². The number of aryl methyl sites for hydroxylation is 1. The van der Waals surface area contributed by atoms with Crippen molar-refractivity contribution in [3.63, 3.8) is 0 Å². The molecule has 0 heterocycles. The fraction of sp³-hybridized carbons (Fsp3) is 0.500. The van der Waals surface area contributed by atoms with Gasteiger partial charge in [0, 0.05) is 18.9 Å². The molecular weight excluding hydrogens is 286 g/mol. The molecule has 122 valence electrons. The zero-order valence-electron chi connectivity index (χ0n) is 12.4. The number of rotatable bonds is 7. The van der Waals surface area contributed by atoms with E-state index in [1.54, 1.807) is 26.0 Å². The minimum absolute atomic E-state index is 0. The molecule has 0 N–H and O–H groups in total. The van der Waals surface area contributed by atoms with Crippen molar-refractivity contribution in [2.75, 3.05) is 0 Å². The Labute approximate surface area is 130 Å². The molecule has 6 nitrogen and oxygen atoms in total. The third kappa shape index (κ3) is 5.63. The van der Waals surface area contributed by atoms with Gasteiger partial charge in [0.2, 0.25) is 0 Å². The van der Waals surface area contributed by atoms with Crippen LogP contribution >= 0.6 is 0 Å². The zero-order chi connectivity index (χ0) is 16.0. The number of ketones is 1. The number of esters is 1. The SMILES string of the molecule is C.CCC(=O)OC(C)c1cc(CCC(C)=O)ccc1[N+](=O)[O-]. The van der Waals surface area contributed by atoms with Crippen molar-refractivity contribution in [3.8, 4) is 0 Å². The first-order valence-corrected chi connectivity index (χ1v) is 6.81. The Hall–Kier alpha value is -2.24. The van der Waals surface area contributed by atoms with E-state index < -0.39 is 17.0 Å². The molecule has 0 aromatic heterocycles. The van der Waals surface area contributed by atoms with Crippen LogP contribution in [0.5, 0.6) is 0 Å². The highest BCUT2D eigenvalue weighted by molar-refractivity contribution is 5.75. The van der Waals surface area contributed by atoms with E-state index in [2.05, 4.69) is 0 Å². The van der Waals surface area contributed by atoms with E-state index in [4.69, 9.17) is 4.74 Å². The Morgan fingerprint density at radius 2 is 2.00 bits per heavy atom. The van der Waals surface area contributed by atoms with Crippen LogP contribution in [0.25, 0.3) is 0 Å². The lowest BCUT2D eigenvalue weighted by Gasteiger charge is -2.14. The summed E-state index contributed by atoms with van der Waals surface area (Å²) in [7, 11) is 0. The van der Waals surface area contributed by atoms with Crippen LogP contribution in [0, 0.1) is 10.1 Å². The quantitative estimate of drug-likeness (QED) is 0.435. The molecule has 1 atom stereocenters. The average molecular weight is 309 g/mol. The van der Waals surface area contributed by atoms with Gasteiger partial charge in [-0.2, -0.15) is 0 Å². The van der Waals surface area contributed by atoms with Gasteiger partial charge in [0.05, 0.1) is 10.5 Å². The normalized spacial score (nSPS) is 11.2. The number of hydrogen-bond donors (Lipinski definition) is 0. The summed E-state index contributed by atoms with van der Waals surface area (Å²) in [4.78, 5) is 32.9. The molecule has 0 aliphatic rings. The van der Waals surface area contributed by atoms with Gasteiger partial charge in [0.25, 0.3) is 5.69 Å². The smallest absolute Gasteiger partial charge is 0.306 e. The van der Waals surface area contributed by atoms with Crippen LogP contribution in [-0.4, -0.2) is 16.7 Å². The number of Topliss-reactive ketones (excluding diaryl/α,β-unsaturated/α-hetero) is 1. The summed E-state index contributed by atoms with van der Waals surface area (Å²) in [6.07, 6.45) is 0.396. The second kappa shape index (κ2) is 8.92. The minimum Gasteiger partial charge on any atom is -0.458 e. The van der Waals surface area contributed by atoms with E-state index in [1.807, 2.05) is 0 Å². The fourth-order valence-electron chi connectivity index (χ4n) is 1.92. The maximum atomic E-state index is 11.3. The van der Waals surface area contributed by atoms with Gasteiger partial charge in [-0.05, 0) is 31.9 Å². The third-order valence-electron chi connectivity index (χ3n) is 3.09. The van der Waals surface area contributed by atoms with Gasteiger partial charge in [-0.1, -0.05) is 20.4 Å². The number of nitro groups is 1. The van der Waals surface area contributed by atoms with Gasteiger partial charge in [0.15, 0.2) is 0 Å². The first kappa shape index (κ1) is 19.8. The summed E-state index contributed by atoms with van der Waals surface area (Å²) in [6.45, 7) is 4.76. The molecule has 1 unspecified atom stereocenters. The number of ether oxygens (including phenoxy) is 1. The average Bonchev–Trinajstić information content (AvgIpc) is 2.44. The largest absolute Gasteiger partial charge is 0.458 e. The summed E-state index contributed by atoms with van der Waals surface area (Å²) in [6, 6.07) is 4.65. The van der Waals surface area contributed by atoms with E-state index in [0.29, 0.717) is 18.4 Å². The summed E-state index contributed by atoms with van der Waals surface area (Å²) in [5, 5.41) is 11.1. The van der Waals surface area contributed by atoms with Crippen LogP contribution < -0.4 is 0 Å². The monoisotopic (exact) mass is 309 g/mol. The van der Waals surface area contributed by atoms with Crippen LogP contribution in [0.2, 0.25) is 0 Å². The Balaban J connectivity index is 0.00000441. The van der Waals surface area contributed by atoms with Crippen LogP contribution in [-0.2, 0) is 20.7 Å². The van der Waals surface area contributed by atoms with Gasteiger partial charge in [0.1, 0.15) is 11.9 Å². The zero-order valence-corrected chi connectivity index (χ0v) is 12.4. The molecule has 1 aromatic rings. The molecule has 0 radical (unpaired) electrons. The second-order valence-electron chi connectivity index (χ2n) is 4.84. The number of hydrogen-bond acceptors (Lipinski definition) is 5. The molecule has 0 bridgehead atoms. The molecule has 1 aromatic carbocycles. The molecule has 1 rings (SSSR count). The summed E-state index contributed by atoms with van der Waals surface area (Å²) >= 11 is 0. The molecule has 0 fully saturated rings. The number of nitrogens with zero attached hydrogens (tertiary/aromatic N) is 1. The van der Waals surface area contributed by atoms with Crippen LogP contribution in [0.15, 0.2) is 18.2 Å². The first-order valence-electron chi connectivity index (χ1n) is 6.81. The Morgan fingerprint density at radius 3 is 2.50 bits per heavy atom. The summed E-state index contributed by atoms with van der Waals surface area (Å²) < 4.78 is 5.15. The number of carbonyl (C=O) groups excluding carboxylic acids is 2. The van der Waals surface area contributed by atoms with Gasteiger partial charge in [-0.3, -0.25) is 14.9 Å². The third-order valence-corrected chi connectivity index (χ3v) is 3.09. The molecule has 22 heavy (non-hydrogen) atoms. The molecule has 0 aliphatic heterocycles. The Kier molecular flexibility index (Phi) is 8.01. The van der Waals surface area contributed by atoms with Crippen molar-refractivity contribution in [1.29, 1.82) is 0 Å². The Bertz CT molecular complexity index is 553. The first-order chi connectivity index (χ1) is 9.85. The number of carbonyl (C=O) groups is 2. The Morgan fingerprint density at radius 1 is 1.36 bits per heavy atom. The van der Waals surface area contributed by atoms with Gasteiger partial charge < -0.3 is 9.53 Å². The summed E-state index contributed by atoms with van der Waals surface area (Å²) in [5.41, 5.74) is 1.08. The number of nitro benzene ring substituents is 1. The van der Waals surface area contributed by atoms with Gasteiger partial charge >= 0.3 is 5.97 Å². The van der Waals surface area contributed by atoms with Crippen molar-refractivity contribution in [3.05, 3.63) is 39.4 Å². The highest BCUT2D eigenvalue weighted by Gasteiger charge is 2.22. The lowest BCUT2D eigenvalue weighted by atomic mass is 10.0. The highest BCUT2D eigenvalue weighted by Crippen LogP contribution is 2.29. The van der Waals surface area contributed by atoms with Gasteiger partial charge in [-0.15, -0.1) is 0 Å². The van der Waals surface area contributed by atoms with E-state index in [-0.39, 0.29) is 25.3 Å². The predicted octanol–water partition coefficient (Wildman–Crippen LogP) is 3.77. The van der Waals surface area contributed by atoms with E-state index in [1.165, 1.54) is 13.0 Å². The lowest BCUT2D eigenvalue weighted by molar-refractivity contribution is -0.386. The molecular formula is C16H23NO5. The molecule has 0 saturated heterocycles. The van der Waals surface area contributed by atoms with Crippen molar-refractivity contribution < 1.29 is 19.2 Å².